The van der Waals surface area contributed by atoms with E-state index in [-0.39, 0.29) is 17.7 Å². The highest BCUT2D eigenvalue weighted by atomic mass is 16.5. The van der Waals surface area contributed by atoms with Gasteiger partial charge in [-0.15, -0.1) is 0 Å². The number of aliphatic carboxylic acids is 1. The van der Waals surface area contributed by atoms with Gasteiger partial charge in [-0.25, -0.2) is 0 Å². The van der Waals surface area contributed by atoms with Crippen LogP contribution >= 0.6 is 0 Å². The highest BCUT2D eigenvalue weighted by molar-refractivity contribution is 5.87. The van der Waals surface area contributed by atoms with Gasteiger partial charge in [-0.3, -0.25) is 9.59 Å². The van der Waals surface area contributed by atoms with Gasteiger partial charge in [0.1, 0.15) is 5.75 Å². The zero-order valence-electron chi connectivity index (χ0n) is 14.9. The fraction of sp³-hybridized carbons (Fsp3) is 0.500. The van der Waals surface area contributed by atoms with Crippen LogP contribution < -0.4 is 9.64 Å². The van der Waals surface area contributed by atoms with Crippen LogP contribution in [0.15, 0.2) is 36.4 Å². The van der Waals surface area contributed by atoms with Crippen LogP contribution in [-0.4, -0.2) is 55.2 Å². The van der Waals surface area contributed by atoms with Crippen molar-refractivity contribution < 1.29 is 19.4 Å². The van der Waals surface area contributed by atoms with Crippen LogP contribution in [0.5, 0.6) is 5.75 Å². The zero-order valence-corrected chi connectivity index (χ0v) is 14.9. The molecule has 4 rings (SSSR count). The predicted molar refractivity (Wildman–Crippen MR) is 97.1 cm³/mol. The molecule has 138 valence electrons. The number of carboxylic acids is 1. The summed E-state index contributed by atoms with van der Waals surface area (Å²) in [5.74, 6) is -0.870. The van der Waals surface area contributed by atoms with Crippen molar-refractivity contribution in [3.05, 3.63) is 36.4 Å². The van der Waals surface area contributed by atoms with E-state index in [1.807, 2.05) is 41.3 Å². The van der Waals surface area contributed by atoms with Crippen molar-refractivity contribution in [3.8, 4) is 5.75 Å². The van der Waals surface area contributed by atoms with E-state index in [1.54, 1.807) is 7.11 Å². The molecule has 1 heterocycles. The summed E-state index contributed by atoms with van der Waals surface area (Å²) in [6.45, 7) is 2.67. The number of rotatable bonds is 4. The van der Waals surface area contributed by atoms with Crippen molar-refractivity contribution in [1.29, 1.82) is 0 Å². The summed E-state index contributed by atoms with van der Waals surface area (Å²) in [7, 11) is 1.66. The fourth-order valence-electron chi connectivity index (χ4n) is 4.77. The summed E-state index contributed by atoms with van der Waals surface area (Å²) in [6, 6.07) is 7.88. The second-order valence-corrected chi connectivity index (χ2v) is 7.32. The molecular formula is C20H24N2O4. The highest BCUT2D eigenvalue weighted by Gasteiger charge is 2.52. The van der Waals surface area contributed by atoms with E-state index in [0.29, 0.717) is 13.1 Å². The molecule has 2 bridgehead atoms. The van der Waals surface area contributed by atoms with Crippen molar-refractivity contribution in [2.75, 3.05) is 38.2 Å². The van der Waals surface area contributed by atoms with E-state index in [0.717, 1.165) is 30.9 Å². The van der Waals surface area contributed by atoms with Gasteiger partial charge in [0.2, 0.25) is 5.91 Å². The first-order valence-electron chi connectivity index (χ1n) is 9.18. The van der Waals surface area contributed by atoms with Gasteiger partial charge >= 0.3 is 5.97 Å². The third-order valence-electron chi connectivity index (χ3n) is 6.05. The average Bonchev–Trinajstić information content (AvgIpc) is 3.29. The summed E-state index contributed by atoms with van der Waals surface area (Å²) in [4.78, 5) is 28.8. The Bertz CT molecular complexity index is 739. The Morgan fingerprint density at radius 2 is 1.69 bits per heavy atom. The van der Waals surface area contributed by atoms with Gasteiger partial charge in [-0.05, 0) is 30.4 Å². The second-order valence-electron chi connectivity index (χ2n) is 7.32. The molecule has 1 N–H and O–H groups in total. The predicted octanol–water partition coefficient (Wildman–Crippen LogP) is 1.87. The van der Waals surface area contributed by atoms with E-state index in [1.165, 1.54) is 0 Å². The van der Waals surface area contributed by atoms with Gasteiger partial charge in [-0.2, -0.15) is 0 Å². The minimum absolute atomic E-state index is 0.00827. The third-order valence-corrected chi connectivity index (χ3v) is 6.05. The largest absolute Gasteiger partial charge is 0.495 e. The lowest BCUT2D eigenvalue weighted by molar-refractivity contribution is -0.151. The molecule has 2 fully saturated rings. The Kier molecular flexibility index (Phi) is 4.34. The molecule has 6 nitrogen and oxygen atoms in total. The molecule has 1 saturated carbocycles. The summed E-state index contributed by atoms with van der Waals surface area (Å²) in [5.41, 5.74) is 1.04. The number of allylic oxidation sites excluding steroid dienone is 2. The smallest absolute Gasteiger partial charge is 0.307 e. The summed E-state index contributed by atoms with van der Waals surface area (Å²) in [6.07, 6.45) is 4.82. The lowest BCUT2D eigenvalue weighted by atomic mass is 9.82. The average molecular weight is 356 g/mol. The second kappa shape index (κ2) is 6.67. The van der Waals surface area contributed by atoms with Crippen molar-refractivity contribution in [1.82, 2.24) is 4.90 Å². The van der Waals surface area contributed by atoms with E-state index in [2.05, 4.69) is 4.90 Å². The van der Waals surface area contributed by atoms with Crippen LogP contribution in [0.25, 0.3) is 0 Å². The minimum Gasteiger partial charge on any atom is -0.495 e. The first-order chi connectivity index (χ1) is 12.6. The fourth-order valence-corrected chi connectivity index (χ4v) is 4.77. The molecule has 26 heavy (non-hydrogen) atoms. The van der Waals surface area contributed by atoms with Gasteiger partial charge in [0.25, 0.3) is 0 Å². The molecule has 3 aliphatic rings. The first-order valence-corrected chi connectivity index (χ1v) is 9.18. The lowest BCUT2D eigenvalue weighted by Gasteiger charge is -2.39. The molecule has 0 spiro atoms. The summed E-state index contributed by atoms with van der Waals surface area (Å²) in [5, 5.41) is 9.57. The SMILES string of the molecule is COc1ccccc1N1CCN(C(=O)[C@H]2[C@@H](C(=O)O)[C@H]3C=C[C@H]2C3)CC1. The van der Waals surface area contributed by atoms with Crippen LogP contribution in [-0.2, 0) is 9.59 Å². The van der Waals surface area contributed by atoms with Gasteiger partial charge in [0.05, 0.1) is 24.6 Å². The van der Waals surface area contributed by atoms with Gasteiger partial charge < -0.3 is 19.6 Å². The quantitative estimate of drug-likeness (QED) is 0.834. The molecule has 0 radical (unpaired) electrons. The molecule has 6 heteroatoms. The Morgan fingerprint density at radius 3 is 2.35 bits per heavy atom. The molecule has 1 aromatic carbocycles. The Morgan fingerprint density at radius 1 is 1.04 bits per heavy atom. The first kappa shape index (κ1) is 16.9. The number of carbonyl (C=O) groups is 2. The number of piperazine rings is 1. The zero-order chi connectivity index (χ0) is 18.3. The minimum atomic E-state index is -0.840. The lowest BCUT2D eigenvalue weighted by Crippen LogP contribution is -2.52. The Balaban J connectivity index is 1.44. The van der Waals surface area contributed by atoms with Crippen LogP contribution in [0.2, 0.25) is 0 Å². The van der Waals surface area contributed by atoms with Crippen LogP contribution in [0.4, 0.5) is 5.69 Å². The highest BCUT2D eigenvalue weighted by Crippen LogP contribution is 2.48. The molecule has 0 unspecified atom stereocenters. The number of methoxy groups -OCH3 is 1. The van der Waals surface area contributed by atoms with E-state index in [4.69, 9.17) is 4.74 Å². The topological polar surface area (TPSA) is 70.1 Å². The number of nitrogens with zero attached hydrogens (tertiary/aromatic N) is 2. The molecule has 1 aromatic rings. The maximum Gasteiger partial charge on any atom is 0.307 e. The van der Waals surface area contributed by atoms with E-state index < -0.39 is 17.8 Å². The van der Waals surface area contributed by atoms with Gasteiger partial charge in [0.15, 0.2) is 0 Å². The number of ether oxygens (including phenoxy) is 1. The molecule has 1 amide bonds. The number of fused-ring (bicyclic) bond motifs is 2. The number of para-hydroxylation sites is 2. The Labute approximate surface area is 153 Å². The van der Waals surface area contributed by atoms with E-state index in [9.17, 15) is 14.7 Å². The number of benzene rings is 1. The standard InChI is InChI=1S/C20H24N2O4/c1-26-16-5-3-2-4-15(16)21-8-10-22(11-9-21)19(23)17-13-6-7-14(12-13)18(17)20(24)25/h2-7,13-14,17-18H,8-12H2,1H3,(H,24,25)/t13-,14-,17+,18-/m0/s1. The normalized spacial score (nSPS) is 29.9. The molecule has 1 saturated heterocycles. The maximum absolute atomic E-state index is 13.1. The molecule has 1 aliphatic heterocycles. The monoisotopic (exact) mass is 356 g/mol. The number of carboxylic acid groups (broad SMARTS) is 1. The van der Waals surface area contributed by atoms with Crippen LogP contribution in [0.1, 0.15) is 6.42 Å². The number of hydrogen-bond acceptors (Lipinski definition) is 4. The van der Waals surface area contributed by atoms with Crippen molar-refractivity contribution in [2.45, 2.75) is 6.42 Å². The van der Waals surface area contributed by atoms with Crippen molar-refractivity contribution in [2.24, 2.45) is 23.7 Å². The van der Waals surface area contributed by atoms with Gasteiger partial charge in [-0.1, -0.05) is 24.3 Å². The molecule has 2 aliphatic carbocycles. The van der Waals surface area contributed by atoms with Gasteiger partial charge in [0, 0.05) is 26.2 Å². The number of amides is 1. The third kappa shape index (κ3) is 2.73. The molecule has 4 atom stereocenters. The summed E-state index contributed by atoms with van der Waals surface area (Å²) >= 11 is 0. The van der Waals surface area contributed by atoms with Crippen LogP contribution in [0, 0.1) is 23.7 Å². The molecular weight excluding hydrogens is 332 g/mol. The van der Waals surface area contributed by atoms with Crippen LogP contribution in [0.3, 0.4) is 0 Å². The van der Waals surface area contributed by atoms with Crippen molar-refractivity contribution >= 4 is 17.6 Å². The number of carbonyl (C=O) groups excluding carboxylic acids is 1. The maximum atomic E-state index is 13.1. The summed E-state index contributed by atoms with van der Waals surface area (Å²) < 4.78 is 5.43. The van der Waals surface area contributed by atoms with E-state index >= 15 is 0 Å². The van der Waals surface area contributed by atoms with Crippen molar-refractivity contribution in [3.63, 3.8) is 0 Å². The number of hydrogen-bond donors (Lipinski definition) is 1. The Hall–Kier alpha value is -2.50. The number of anilines is 1. The molecule has 0 aromatic heterocycles.